The number of nitrogens with zero attached hydrogens (tertiary/aromatic N) is 1. The summed E-state index contributed by atoms with van der Waals surface area (Å²) in [7, 11) is 2.05. The number of piperidine rings is 1. The minimum absolute atomic E-state index is 0. The zero-order chi connectivity index (χ0) is 16.4. The van der Waals surface area contributed by atoms with Crippen LogP contribution in [0.2, 0.25) is 10.0 Å². The summed E-state index contributed by atoms with van der Waals surface area (Å²) >= 11 is 12.2. The minimum atomic E-state index is -0.0499. The van der Waals surface area contributed by atoms with Crippen LogP contribution in [0.1, 0.15) is 24.8 Å². The monoisotopic (exact) mass is 427 g/mol. The van der Waals surface area contributed by atoms with Crippen LogP contribution in [0, 0.1) is 5.41 Å². The normalized spacial score (nSPS) is 22.1. The van der Waals surface area contributed by atoms with E-state index in [0.717, 1.165) is 44.5 Å². The van der Waals surface area contributed by atoms with E-state index in [0.29, 0.717) is 22.0 Å². The molecule has 0 bridgehead atoms. The summed E-state index contributed by atoms with van der Waals surface area (Å²) < 4.78 is 0. The Hall–Kier alpha value is -0.230. The van der Waals surface area contributed by atoms with E-state index in [4.69, 9.17) is 23.2 Å². The van der Waals surface area contributed by atoms with Gasteiger partial charge in [0, 0.05) is 23.1 Å². The maximum absolute atomic E-state index is 12.6. The number of benzene rings is 1. The third-order valence-corrected chi connectivity index (χ3v) is 5.77. The maximum Gasteiger partial charge on any atom is 0.237 e. The predicted molar refractivity (Wildman–Crippen MR) is 108 cm³/mol. The Morgan fingerprint density at radius 2 is 2.00 bits per heavy atom. The Kier molecular flexibility index (Phi) is 8.79. The summed E-state index contributed by atoms with van der Waals surface area (Å²) in [5, 5.41) is 7.69. The standard InChI is InChI=1S/C17H23Cl2N3O.2ClH/c1-22-11-17(4-6-20-7-5-17)9-15(22)16(23)21-10-12-8-13(18)2-3-14(12)19;;/h2-3,8,15,20H,4-7,9-11H2,1H3,(H,21,23);2*1H. The molecule has 2 N–H and O–H groups in total. The zero-order valence-electron chi connectivity index (χ0n) is 14.2. The molecule has 1 spiro atoms. The zero-order valence-corrected chi connectivity index (χ0v) is 17.3. The van der Waals surface area contributed by atoms with Crippen molar-refractivity contribution in [1.29, 1.82) is 0 Å². The van der Waals surface area contributed by atoms with E-state index in [1.165, 1.54) is 0 Å². The second kappa shape index (κ2) is 9.63. The summed E-state index contributed by atoms with van der Waals surface area (Å²) in [4.78, 5) is 14.8. The lowest BCUT2D eigenvalue weighted by Crippen LogP contribution is -2.41. The molecule has 8 heteroatoms. The number of hydrogen-bond donors (Lipinski definition) is 2. The molecule has 2 saturated heterocycles. The molecule has 3 rings (SSSR count). The van der Waals surface area contributed by atoms with Gasteiger partial charge in [0.05, 0.1) is 6.04 Å². The van der Waals surface area contributed by atoms with Crippen LogP contribution < -0.4 is 10.6 Å². The van der Waals surface area contributed by atoms with Crippen molar-refractivity contribution in [2.75, 3.05) is 26.7 Å². The molecule has 2 heterocycles. The molecule has 2 aliphatic heterocycles. The highest BCUT2D eigenvalue weighted by atomic mass is 35.5. The van der Waals surface area contributed by atoms with Crippen molar-refractivity contribution in [3.63, 3.8) is 0 Å². The second-order valence-corrected chi connectivity index (χ2v) is 7.68. The van der Waals surface area contributed by atoms with Crippen molar-refractivity contribution in [1.82, 2.24) is 15.5 Å². The molecule has 1 aromatic rings. The van der Waals surface area contributed by atoms with Gasteiger partial charge in [-0.3, -0.25) is 9.69 Å². The highest BCUT2D eigenvalue weighted by molar-refractivity contribution is 6.33. The van der Waals surface area contributed by atoms with Crippen molar-refractivity contribution >= 4 is 53.9 Å². The van der Waals surface area contributed by atoms with Crippen LogP contribution in [0.15, 0.2) is 18.2 Å². The van der Waals surface area contributed by atoms with Crippen molar-refractivity contribution in [3.05, 3.63) is 33.8 Å². The van der Waals surface area contributed by atoms with Gasteiger partial charge >= 0.3 is 0 Å². The van der Waals surface area contributed by atoms with Gasteiger partial charge in [0.1, 0.15) is 0 Å². The van der Waals surface area contributed by atoms with Crippen LogP contribution in [-0.2, 0) is 11.3 Å². The number of carbonyl (C=O) groups excluding carboxylic acids is 1. The Balaban J connectivity index is 0.00000156. The Labute approximate surface area is 171 Å². The summed E-state index contributed by atoms with van der Waals surface area (Å²) in [6.45, 7) is 3.53. The number of rotatable bonds is 3. The molecule has 0 aliphatic carbocycles. The first-order valence-corrected chi connectivity index (χ1v) is 8.87. The fourth-order valence-corrected chi connectivity index (χ4v) is 4.24. The maximum atomic E-state index is 12.6. The molecule has 2 fully saturated rings. The van der Waals surface area contributed by atoms with E-state index < -0.39 is 0 Å². The van der Waals surface area contributed by atoms with Crippen LogP contribution >= 0.6 is 48.0 Å². The molecule has 1 aromatic carbocycles. The minimum Gasteiger partial charge on any atom is -0.351 e. The smallest absolute Gasteiger partial charge is 0.237 e. The molecule has 142 valence electrons. The number of amides is 1. The lowest BCUT2D eigenvalue weighted by atomic mass is 9.77. The van der Waals surface area contributed by atoms with Gasteiger partial charge < -0.3 is 10.6 Å². The first-order chi connectivity index (χ1) is 11.0. The molecule has 4 nitrogen and oxygen atoms in total. The first-order valence-electron chi connectivity index (χ1n) is 8.12. The van der Waals surface area contributed by atoms with Crippen molar-refractivity contribution in [2.24, 2.45) is 5.41 Å². The Bertz CT molecular complexity index is 593. The summed E-state index contributed by atoms with van der Waals surface area (Å²) in [6.07, 6.45) is 3.25. The molecule has 1 unspecified atom stereocenters. The average molecular weight is 429 g/mol. The van der Waals surface area contributed by atoms with Crippen LogP contribution in [0.3, 0.4) is 0 Å². The van der Waals surface area contributed by atoms with E-state index in [1.807, 2.05) is 7.05 Å². The van der Waals surface area contributed by atoms with Crippen LogP contribution in [0.5, 0.6) is 0 Å². The molecule has 1 amide bonds. The fraction of sp³-hybridized carbons (Fsp3) is 0.588. The molecular formula is C17H25Cl4N3O. The SMILES string of the molecule is CN1CC2(CCNCC2)CC1C(=O)NCc1cc(Cl)ccc1Cl.Cl.Cl. The van der Waals surface area contributed by atoms with E-state index in [9.17, 15) is 4.79 Å². The van der Waals surface area contributed by atoms with Gasteiger partial charge in [0.25, 0.3) is 0 Å². The third-order valence-electron chi connectivity index (χ3n) is 5.17. The highest BCUT2D eigenvalue weighted by Crippen LogP contribution is 2.41. The molecule has 25 heavy (non-hydrogen) atoms. The summed E-state index contributed by atoms with van der Waals surface area (Å²) in [5.74, 6) is 0.0824. The van der Waals surface area contributed by atoms with Gasteiger partial charge in [-0.2, -0.15) is 0 Å². The topological polar surface area (TPSA) is 44.4 Å². The molecular weight excluding hydrogens is 404 g/mol. The molecule has 2 aliphatic rings. The molecule has 0 aromatic heterocycles. The van der Waals surface area contributed by atoms with Gasteiger partial charge in [-0.05, 0) is 68.6 Å². The molecule has 1 atom stereocenters. The van der Waals surface area contributed by atoms with E-state index in [1.54, 1.807) is 18.2 Å². The van der Waals surface area contributed by atoms with Crippen molar-refractivity contribution < 1.29 is 4.79 Å². The summed E-state index contributed by atoms with van der Waals surface area (Å²) in [5.41, 5.74) is 1.15. The molecule has 0 saturated carbocycles. The number of nitrogens with one attached hydrogen (secondary N) is 2. The lowest BCUT2D eigenvalue weighted by molar-refractivity contribution is -0.125. The van der Waals surface area contributed by atoms with Crippen LogP contribution in [-0.4, -0.2) is 43.5 Å². The fourth-order valence-electron chi connectivity index (χ4n) is 3.86. The van der Waals surface area contributed by atoms with E-state index in [-0.39, 0.29) is 36.8 Å². The summed E-state index contributed by atoms with van der Waals surface area (Å²) in [6, 6.07) is 5.26. The van der Waals surface area contributed by atoms with Crippen LogP contribution in [0.25, 0.3) is 0 Å². The van der Waals surface area contributed by atoms with Crippen molar-refractivity contribution in [2.45, 2.75) is 31.8 Å². The third kappa shape index (κ3) is 5.38. The Morgan fingerprint density at radius 1 is 1.32 bits per heavy atom. The predicted octanol–water partition coefficient (Wildman–Crippen LogP) is 3.53. The molecule has 0 radical (unpaired) electrons. The van der Waals surface area contributed by atoms with Gasteiger partial charge in [0.2, 0.25) is 5.91 Å². The van der Waals surface area contributed by atoms with Crippen molar-refractivity contribution in [3.8, 4) is 0 Å². The van der Waals surface area contributed by atoms with Gasteiger partial charge in [-0.1, -0.05) is 23.2 Å². The highest BCUT2D eigenvalue weighted by Gasteiger charge is 2.45. The van der Waals surface area contributed by atoms with Gasteiger partial charge in [0.15, 0.2) is 0 Å². The lowest BCUT2D eigenvalue weighted by Gasteiger charge is -2.33. The second-order valence-electron chi connectivity index (χ2n) is 6.84. The number of likely N-dealkylation sites (N-methyl/N-ethyl adjacent to an activating group) is 1. The van der Waals surface area contributed by atoms with Gasteiger partial charge in [-0.15, -0.1) is 24.8 Å². The van der Waals surface area contributed by atoms with E-state index >= 15 is 0 Å². The number of hydrogen-bond acceptors (Lipinski definition) is 3. The number of likely N-dealkylation sites (tertiary alicyclic amines) is 1. The first kappa shape index (κ1) is 22.8. The quantitative estimate of drug-likeness (QED) is 0.773. The van der Waals surface area contributed by atoms with E-state index in [2.05, 4.69) is 15.5 Å². The number of carbonyl (C=O) groups is 1. The largest absolute Gasteiger partial charge is 0.351 e. The number of halogens is 4. The average Bonchev–Trinajstić information content (AvgIpc) is 2.84. The Morgan fingerprint density at radius 3 is 2.68 bits per heavy atom. The van der Waals surface area contributed by atoms with Gasteiger partial charge in [-0.25, -0.2) is 0 Å². The van der Waals surface area contributed by atoms with Crippen LogP contribution in [0.4, 0.5) is 0 Å².